The van der Waals surface area contributed by atoms with E-state index in [0.717, 1.165) is 0 Å². The molecule has 13 heavy (non-hydrogen) atoms. The fourth-order valence-corrected chi connectivity index (χ4v) is 1.40. The summed E-state index contributed by atoms with van der Waals surface area (Å²) in [6.07, 6.45) is 0. The smallest absolute Gasteiger partial charge is 0.315 e. The zero-order valence-electron chi connectivity index (χ0n) is 7.91. The van der Waals surface area contributed by atoms with Gasteiger partial charge < -0.3 is 19.9 Å². The molecule has 0 bridgehead atoms. The Hall–Kier alpha value is -0.650. The first-order valence-electron chi connectivity index (χ1n) is 4.20. The molecule has 0 aromatic rings. The van der Waals surface area contributed by atoms with Crippen LogP contribution in [0.2, 0.25) is 0 Å². The molecule has 2 N–H and O–H groups in total. The maximum absolute atomic E-state index is 11.3. The number of carbonyl (C=O) groups is 1. The van der Waals surface area contributed by atoms with Crippen molar-refractivity contribution in [2.24, 2.45) is 11.7 Å². The summed E-state index contributed by atoms with van der Waals surface area (Å²) in [6.45, 7) is 2.84. The highest BCUT2D eigenvalue weighted by Gasteiger charge is 2.44. The molecule has 0 radical (unpaired) electrons. The van der Waals surface area contributed by atoms with Crippen molar-refractivity contribution in [3.05, 3.63) is 0 Å². The van der Waals surface area contributed by atoms with Gasteiger partial charge >= 0.3 is 5.97 Å². The number of methoxy groups -OCH3 is 1. The molecular weight excluding hydrogens is 174 g/mol. The van der Waals surface area contributed by atoms with E-state index in [2.05, 4.69) is 4.74 Å². The fourth-order valence-electron chi connectivity index (χ4n) is 1.40. The van der Waals surface area contributed by atoms with E-state index in [4.69, 9.17) is 15.2 Å². The minimum Gasteiger partial charge on any atom is -0.469 e. The average molecular weight is 189 g/mol. The molecule has 0 saturated carbocycles. The summed E-state index contributed by atoms with van der Waals surface area (Å²) in [6, 6.07) is 0. The number of hydrogen-bond acceptors (Lipinski definition) is 5. The van der Waals surface area contributed by atoms with Gasteiger partial charge in [-0.3, -0.25) is 4.79 Å². The zero-order valence-corrected chi connectivity index (χ0v) is 7.91. The second-order valence-electron chi connectivity index (χ2n) is 3.02. The van der Waals surface area contributed by atoms with Gasteiger partial charge in [0.05, 0.1) is 20.3 Å². The highest BCUT2D eigenvalue weighted by Crippen LogP contribution is 2.27. The van der Waals surface area contributed by atoms with Crippen LogP contribution in [-0.2, 0) is 19.0 Å². The van der Waals surface area contributed by atoms with E-state index < -0.39 is 17.7 Å². The SMILES string of the molecule is COC(=O)C(CN)C1(C)OCCO1. The molecular formula is C8H15NO4. The van der Waals surface area contributed by atoms with E-state index in [1.165, 1.54) is 7.11 Å². The number of nitrogens with two attached hydrogens (primary N) is 1. The van der Waals surface area contributed by atoms with Crippen LogP contribution in [0.3, 0.4) is 0 Å². The maximum atomic E-state index is 11.3. The van der Waals surface area contributed by atoms with E-state index in [9.17, 15) is 4.79 Å². The summed E-state index contributed by atoms with van der Waals surface area (Å²) in [7, 11) is 1.32. The van der Waals surface area contributed by atoms with Crippen LogP contribution in [0.1, 0.15) is 6.92 Å². The van der Waals surface area contributed by atoms with Gasteiger partial charge in [-0.05, 0) is 6.92 Å². The third kappa shape index (κ3) is 1.99. The zero-order chi connectivity index (χ0) is 9.90. The minimum atomic E-state index is -0.915. The fraction of sp³-hybridized carbons (Fsp3) is 0.875. The van der Waals surface area contributed by atoms with Crippen LogP contribution in [0.15, 0.2) is 0 Å². The monoisotopic (exact) mass is 189 g/mol. The van der Waals surface area contributed by atoms with Crippen molar-refractivity contribution in [2.45, 2.75) is 12.7 Å². The molecule has 0 spiro atoms. The Labute approximate surface area is 77.1 Å². The highest BCUT2D eigenvalue weighted by molar-refractivity contribution is 5.73. The molecule has 0 aliphatic carbocycles. The molecule has 1 aliphatic rings. The molecule has 5 nitrogen and oxygen atoms in total. The van der Waals surface area contributed by atoms with Gasteiger partial charge in [-0.1, -0.05) is 0 Å². The number of carbonyl (C=O) groups excluding carboxylic acids is 1. The summed E-state index contributed by atoms with van der Waals surface area (Å²) in [4.78, 5) is 11.3. The summed E-state index contributed by atoms with van der Waals surface area (Å²) in [5, 5.41) is 0. The van der Waals surface area contributed by atoms with E-state index in [0.29, 0.717) is 13.2 Å². The van der Waals surface area contributed by atoms with Gasteiger partial charge in [0.15, 0.2) is 5.79 Å². The van der Waals surface area contributed by atoms with Crippen molar-refractivity contribution >= 4 is 5.97 Å². The Balaban J connectivity index is 2.69. The number of rotatable bonds is 3. The summed E-state index contributed by atoms with van der Waals surface area (Å²) in [5.74, 6) is -1.87. The largest absolute Gasteiger partial charge is 0.469 e. The summed E-state index contributed by atoms with van der Waals surface area (Å²) < 4.78 is 15.2. The highest BCUT2D eigenvalue weighted by atomic mass is 16.7. The van der Waals surface area contributed by atoms with E-state index in [1.807, 2.05) is 0 Å². The summed E-state index contributed by atoms with van der Waals surface area (Å²) >= 11 is 0. The van der Waals surface area contributed by atoms with Crippen LogP contribution in [0, 0.1) is 5.92 Å². The van der Waals surface area contributed by atoms with E-state index in [1.54, 1.807) is 6.92 Å². The average Bonchev–Trinajstić information content (AvgIpc) is 2.53. The van der Waals surface area contributed by atoms with Crippen LogP contribution in [0.5, 0.6) is 0 Å². The third-order valence-corrected chi connectivity index (χ3v) is 2.22. The lowest BCUT2D eigenvalue weighted by molar-refractivity contribution is -0.196. The van der Waals surface area contributed by atoms with Gasteiger partial charge in [-0.15, -0.1) is 0 Å². The van der Waals surface area contributed by atoms with Gasteiger partial charge in [0.25, 0.3) is 0 Å². The second kappa shape index (κ2) is 4.04. The summed E-state index contributed by atoms with van der Waals surface area (Å²) in [5.41, 5.74) is 5.45. The molecule has 1 unspecified atom stereocenters. The second-order valence-corrected chi connectivity index (χ2v) is 3.02. The Kier molecular flexibility index (Phi) is 3.24. The Bertz CT molecular complexity index is 189. The lowest BCUT2D eigenvalue weighted by Gasteiger charge is -2.28. The minimum absolute atomic E-state index is 0.156. The molecule has 1 saturated heterocycles. The van der Waals surface area contributed by atoms with Crippen LogP contribution in [-0.4, -0.2) is 38.6 Å². The van der Waals surface area contributed by atoms with Gasteiger partial charge in [0.1, 0.15) is 5.92 Å². The molecule has 1 fully saturated rings. The molecule has 1 atom stereocenters. The standard InChI is InChI=1S/C8H15NO4/c1-8(12-3-4-13-8)6(5-9)7(10)11-2/h6H,3-5,9H2,1-2H3. The van der Waals surface area contributed by atoms with Gasteiger partial charge in [-0.2, -0.15) is 0 Å². The van der Waals surface area contributed by atoms with Gasteiger partial charge in [0.2, 0.25) is 0 Å². The quantitative estimate of drug-likeness (QED) is 0.606. The van der Waals surface area contributed by atoms with Crippen LogP contribution < -0.4 is 5.73 Å². The van der Waals surface area contributed by atoms with Crippen molar-refractivity contribution in [3.63, 3.8) is 0 Å². The maximum Gasteiger partial charge on any atom is 0.315 e. The molecule has 0 amide bonds. The normalized spacial score (nSPS) is 22.7. The van der Waals surface area contributed by atoms with Crippen molar-refractivity contribution in [3.8, 4) is 0 Å². The predicted octanol–water partition coefficient (Wildman–Crippen LogP) is -0.503. The van der Waals surface area contributed by atoms with Gasteiger partial charge in [-0.25, -0.2) is 0 Å². The molecule has 1 heterocycles. The molecule has 1 rings (SSSR count). The number of esters is 1. The molecule has 5 heteroatoms. The van der Waals surface area contributed by atoms with Crippen LogP contribution >= 0.6 is 0 Å². The Morgan fingerprint density at radius 3 is 2.54 bits per heavy atom. The Morgan fingerprint density at radius 2 is 2.15 bits per heavy atom. The lowest BCUT2D eigenvalue weighted by Crippen LogP contribution is -2.45. The first kappa shape index (κ1) is 10.4. The first-order chi connectivity index (χ1) is 6.14. The molecule has 1 aliphatic heterocycles. The van der Waals surface area contributed by atoms with E-state index >= 15 is 0 Å². The van der Waals surface area contributed by atoms with Gasteiger partial charge in [0, 0.05) is 6.54 Å². The lowest BCUT2D eigenvalue weighted by atomic mass is 10.0. The first-order valence-corrected chi connectivity index (χ1v) is 4.20. The molecule has 0 aromatic heterocycles. The third-order valence-electron chi connectivity index (χ3n) is 2.22. The number of hydrogen-bond donors (Lipinski definition) is 1. The molecule has 76 valence electrons. The van der Waals surface area contributed by atoms with Crippen LogP contribution in [0.25, 0.3) is 0 Å². The van der Waals surface area contributed by atoms with Crippen molar-refractivity contribution in [2.75, 3.05) is 26.9 Å². The topological polar surface area (TPSA) is 70.8 Å². The predicted molar refractivity (Wildman–Crippen MR) is 44.9 cm³/mol. The van der Waals surface area contributed by atoms with Crippen molar-refractivity contribution < 1.29 is 19.0 Å². The van der Waals surface area contributed by atoms with Crippen molar-refractivity contribution in [1.29, 1.82) is 0 Å². The van der Waals surface area contributed by atoms with E-state index in [-0.39, 0.29) is 6.54 Å². The Morgan fingerprint density at radius 1 is 1.62 bits per heavy atom. The number of ether oxygens (including phenoxy) is 3. The van der Waals surface area contributed by atoms with Crippen LogP contribution in [0.4, 0.5) is 0 Å². The van der Waals surface area contributed by atoms with Crippen molar-refractivity contribution in [1.82, 2.24) is 0 Å². The molecule has 0 aromatic carbocycles.